The van der Waals surface area contributed by atoms with Crippen LogP contribution in [0.5, 0.6) is 5.75 Å². The Labute approximate surface area is 144 Å². The third-order valence-electron chi connectivity index (χ3n) is 4.05. The van der Waals surface area contributed by atoms with Gasteiger partial charge in [-0.15, -0.1) is 0 Å². The van der Waals surface area contributed by atoms with E-state index in [1.165, 1.54) is 0 Å². The highest BCUT2D eigenvalue weighted by Crippen LogP contribution is 2.30. The van der Waals surface area contributed by atoms with Crippen LogP contribution in [0.15, 0.2) is 69.7 Å². The molecule has 4 rings (SSSR count). The minimum Gasteiger partial charge on any atom is -0.491 e. The van der Waals surface area contributed by atoms with Crippen LogP contribution in [0.3, 0.4) is 0 Å². The highest BCUT2D eigenvalue weighted by molar-refractivity contribution is 6.05. The highest BCUT2D eigenvalue weighted by Gasteiger charge is 2.09. The lowest BCUT2D eigenvalue weighted by Gasteiger charge is -2.12. The van der Waals surface area contributed by atoms with E-state index >= 15 is 0 Å². The van der Waals surface area contributed by atoms with Crippen molar-refractivity contribution < 1.29 is 18.7 Å². The Morgan fingerprint density at radius 2 is 1.88 bits per heavy atom. The summed E-state index contributed by atoms with van der Waals surface area (Å²) in [5.74, 6) is 1.51. The lowest BCUT2D eigenvalue weighted by molar-refractivity contribution is 0.106. The quantitative estimate of drug-likeness (QED) is 0.538. The van der Waals surface area contributed by atoms with Gasteiger partial charge in [0, 0.05) is 23.4 Å². The Kier molecular flexibility index (Phi) is 4.41. The van der Waals surface area contributed by atoms with E-state index in [2.05, 4.69) is 5.32 Å². The first-order chi connectivity index (χ1) is 12.3. The molecule has 0 saturated carbocycles. The number of ether oxygens (including phenoxy) is 1. The lowest BCUT2D eigenvalue weighted by atomic mass is 10.1. The largest absolute Gasteiger partial charge is 0.491 e. The molecule has 0 fully saturated rings. The number of para-hydroxylation sites is 1. The zero-order chi connectivity index (χ0) is 17.1. The van der Waals surface area contributed by atoms with E-state index in [1.54, 1.807) is 6.26 Å². The standard InChI is InChI=1S/C20H19NO4/c22-14(11-21-12-16-4-3-9-23-16)13-24-15-7-8-18-17-5-1-2-6-19(17)25-20(18)10-15/h1-10,14,21-22H,11-13H2. The second-order valence-corrected chi connectivity index (χ2v) is 5.93. The van der Waals surface area contributed by atoms with Crippen LogP contribution >= 0.6 is 0 Å². The number of furan rings is 2. The SMILES string of the molecule is OC(CNCc1ccco1)COc1ccc2c(c1)oc1ccccc12. The van der Waals surface area contributed by atoms with Crippen molar-refractivity contribution in [3.05, 3.63) is 66.6 Å². The molecule has 1 atom stereocenters. The van der Waals surface area contributed by atoms with Gasteiger partial charge < -0.3 is 24.0 Å². The summed E-state index contributed by atoms with van der Waals surface area (Å²) in [5, 5.41) is 15.3. The number of rotatable bonds is 7. The first kappa shape index (κ1) is 15.7. The predicted octanol–water partition coefficient (Wildman–Crippen LogP) is 3.71. The zero-order valence-electron chi connectivity index (χ0n) is 13.6. The molecule has 2 heterocycles. The van der Waals surface area contributed by atoms with Gasteiger partial charge in [0.2, 0.25) is 0 Å². The maximum Gasteiger partial charge on any atom is 0.139 e. The number of benzene rings is 2. The fourth-order valence-corrected chi connectivity index (χ4v) is 2.82. The Morgan fingerprint density at radius 1 is 1.00 bits per heavy atom. The smallest absolute Gasteiger partial charge is 0.139 e. The zero-order valence-corrected chi connectivity index (χ0v) is 13.6. The molecule has 5 nitrogen and oxygen atoms in total. The van der Waals surface area contributed by atoms with Crippen molar-refractivity contribution in [2.45, 2.75) is 12.6 Å². The average molecular weight is 337 g/mol. The van der Waals surface area contributed by atoms with E-state index in [0.717, 1.165) is 27.7 Å². The minimum atomic E-state index is -0.610. The van der Waals surface area contributed by atoms with Crippen LogP contribution in [-0.4, -0.2) is 24.4 Å². The van der Waals surface area contributed by atoms with Crippen molar-refractivity contribution in [2.75, 3.05) is 13.2 Å². The molecule has 0 saturated heterocycles. The van der Waals surface area contributed by atoms with Gasteiger partial charge in [-0.25, -0.2) is 0 Å². The number of hydrogen-bond donors (Lipinski definition) is 2. The van der Waals surface area contributed by atoms with Crippen molar-refractivity contribution >= 4 is 21.9 Å². The summed E-state index contributed by atoms with van der Waals surface area (Å²) in [4.78, 5) is 0. The molecule has 5 heteroatoms. The van der Waals surface area contributed by atoms with Crippen molar-refractivity contribution in [3.8, 4) is 5.75 Å². The first-order valence-electron chi connectivity index (χ1n) is 8.25. The molecular formula is C20H19NO4. The molecule has 1 unspecified atom stereocenters. The summed E-state index contributed by atoms with van der Waals surface area (Å²) in [6.45, 7) is 1.21. The topological polar surface area (TPSA) is 67.8 Å². The van der Waals surface area contributed by atoms with Crippen LogP contribution in [0.25, 0.3) is 21.9 Å². The van der Waals surface area contributed by atoms with Gasteiger partial charge in [-0.1, -0.05) is 18.2 Å². The van der Waals surface area contributed by atoms with Crippen LogP contribution in [0.1, 0.15) is 5.76 Å². The fraction of sp³-hybridized carbons (Fsp3) is 0.200. The van der Waals surface area contributed by atoms with Gasteiger partial charge in [-0.3, -0.25) is 0 Å². The van der Waals surface area contributed by atoms with Gasteiger partial charge in [0.1, 0.15) is 35.4 Å². The predicted molar refractivity (Wildman–Crippen MR) is 95.6 cm³/mol. The second kappa shape index (κ2) is 7.01. The molecule has 0 aliphatic heterocycles. The molecule has 2 N–H and O–H groups in total. The second-order valence-electron chi connectivity index (χ2n) is 5.93. The van der Waals surface area contributed by atoms with E-state index in [9.17, 15) is 5.11 Å². The molecule has 4 aromatic rings. The maximum atomic E-state index is 10.0. The monoisotopic (exact) mass is 337 g/mol. The van der Waals surface area contributed by atoms with E-state index in [-0.39, 0.29) is 6.61 Å². The van der Waals surface area contributed by atoms with Gasteiger partial charge in [0.05, 0.1) is 12.8 Å². The van der Waals surface area contributed by atoms with Crippen LogP contribution in [0.4, 0.5) is 0 Å². The van der Waals surface area contributed by atoms with Gasteiger partial charge in [-0.05, 0) is 30.3 Å². The molecule has 0 aliphatic carbocycles. The summed E-state index contributed by atoms with van der Waals surface area (Å²) in [6, 6.07) is 17.4. The van der Waals surface area contributed by atoms with Crippen molar-refractivity contribution in [3.63, 3.8) is 0 Å². The van der Waals surface area contributed by atoms with Crippen LogP contribution < -0.4 is 10.1 Å². The number of fused-ring (bicyclic) bond motifs is 3. The van der Waals surface area contributed by atoms with Crippen LogP contribution in [0, 0.1) is 0 Å². The van der Waals surface area contributed by atoms with Gasteiger partial charge in [0.25, 0.3) is 0 Å². The molecular weight excluding hydrogens is 318 g/mol. The summed E-state index contributed by atoms with van der Waals surface area (Å²) >= 11 is 0. The molecule has 0 spiro atoms. The van der Waals surface area contributed by atoms with E-state index in [4.69, 9.17) is 13.6 Å². The first-order valence-corrected chi connectivity index (χ1v) is 8.25. The van der Waals surface area contributed by atoms with Gasteiger partial charge >= 0.3 is 0 Å². The molecule has 0 aliphatic rings. The summed E-state index contributed by atoms with van der Waals surface area (Å²) in [6.07, 6.45) is 1.02. The summed E-state index contributed by atoms with van der Waals surface area (Å²) < 4.78 is 16.8. The highest BCUT2D eigenvalue weighted by atomic mass is 16.5. The molecule has 0 radical (unpaired) electrons. The third kappa shape index (κ3) is 3.52. The number of hydrogen-bond acceptors (Lipinski definition) is 5. The molecule has 128 valence electrons. The van der Waals surface area contributed by atoms with E-state index in [0.29, 0.717) is 18.8 Å². The molecule has 0 amide bonds. The van der Waals surface area contributed by atoms with Crippen molar-refractivity contribution in [1.29, 1.82) is 0 Å². The van der Waals surface area contributed by atoms with Crippen LogP contribution in [0.2, 0.25) is 0 Å². The fourth-order valence-electron chi connectivity index (χ4n) is 2.82. The van der Waals surface area contributed by atoms with E-state index < -0.39 is 6.10 Å². The molecule has 2 aromatic carbocycles. The lowest BCUT2D eigenvalue weighted by Crippen LogP contribution is -2.31. The number of nitrogens with one attached hydrogen (secondary N) is 1. The Bertz CT molecular complexity index is 958. The summed E-state index contributed by atoms with van der Waals surface area (Å²) in [5.41, 5.74) is 1.64. The maximum absolute atomic E-state index is 10.0. The minimum absolute atomic E-state index is 0.205. The Morgan fingerprint density at radius 3 is 2.76 bits per heavy atom. The van der Waals surface area contributed by atoms with Crippen LogP contribution in [-0.2, 0) is 6.54 Å². The van der Waals surface area contributed by atoms with E-state index in [1.807, 2.05) is 54.6 Å². The molecule has 0 bridgehead atoms. The Balaban J connectivity index is 1.35. The average Bonchev–Trinajstić information content (AvgIpc) is 3.26. The van der Waals surface area contributed by atoms with Gasteiger partial charge in [-0.2, -0.15) is 0 Å². The third-order valence-corrected chi connectivity index (χ3v) is 4.05. The normalized spacial score (nSPS) is 12.7. The van der Waals surface area contributed by atoms with Crippen molar-refractivity contribution in [2.24, 2.45) is 0 Å². The number of aliphatic hydroxyl groups is 1. The number of aliphatic hydroxyl groups excluding tert-OH is 1. The van der Waals surface area contributed by atoms with Crippen molar-refractivity contribution in [1.82, 2.24) is 5.32 Å². The summed E-state index contributed by atoms with van der Waals surface area (Å²) in [7, 11) is 0. The molecule has 2 aromatic heterocycles. The molecule has 25 heavy (non-hydrogen) atoms. The van der Waals surface area contributed by atoms with Gasteiger partial charge in [0.15, 0.2) is 0 Å². The Hall–Kier alpha value is -2.76.